The molecule has 5 nitrogen and oxygen atoms in total. The number of carbonyl (C=O) groups is 1. The van der Waals surface area contributed by atoms with Crippen molar-refractivity contribution in [2.45, 2.75) is 13.8 Å². The Bertz CT molecular complexity index is 639. The van der Waals surface area contributed by atoms with Gasteiger partial charge in [0.2, 0.25) is 5.28 Å². The highest BCUT2D eigenvalue weighted by Crippen LogP contribution is 2.20. The molecule has 7 heteroatoms. The third kappa shape index (κ3) is 2.06. The summed E-state index contributed by atoms with van der Waals surface area (Å²) in [5, 5.41) is 12.8. The van der Waals surface area contributed by atoms with Crippen LogP contribution in [-0.2, 0) is 0 Å². The maximum absolute atomic E-state index is 13.8. The predicted octanol–water partition coefficient (Wildman–Crippen LogP) is 2.37. The van der Waals surface area contributed by atoms with E-state index in [2.05, 4.69) is 10.1 Å². The topological polar surface area (TPSA) is 68.0 Å². The summed E-state index contributed by atoms with van der Waals surface area (Å²) in [6.45, 7) is 3.12. The summed E-state index contributed by atoms with van der Waals surface area (Å²) >= 11 is 5.62. The third-order valence-corrected chi connectivity index (χ3v) is 2.66. The quantitative estimate of drug-likeness (QED) is 0.909. The highest BCUT2D eigenvalue weighted by Gasteiger charge is 2.16. The Labute approximate surface area is 107 Å². The Morgan fingerprint density at radius 2 is 2.11 bits per heavy atom. The lowest BCUT2D eigenvalue weighted by Gasteiger charge is -2.08. The van der Waals surface area contributed by atoms with Crippen LogP contribution in [0.3, 0.4) is 0 Å². The maximum atomic E-state index is 13.8. The number of carboxylic acids is 1. The van der Waals surface area contributed by atoms with Gasteiger partial charge >= 0.3 is 5.97 Å². The van der Waals surface area contributed by atoms with Gasteiger partial charge in [0.1, 0.15) is 17.3 Å². The van der Waals surface area contributed by atoms with Crippen molar-refractivity contribution in [2.75, 3.05) is 0 Å². The fourth-order valence-electron chi connectivity index (χ4n) is 1.64. The van der Waals surface area contributed by atoms with Crippen LogP contribution >= 0.6 is 11.6 Å². The molecule has 1 aromatic heterocycles. The van der Waals surface area contributed by atoms with Crippen LogP contribution < -0.4 is 0 Å². The van der Waals surface area contributed by atoms with E-state index < -0.39 is 11.8 Å². The van der Waals surface area contributed by atoms with Gasteiger partial charge in [0.05, 0.1) is 5.56 Å². The van der Waals surface area contributed by atoms with Crippen molar-refractivity contribution in [3.8, 4) is 5.69 Å². The predicted molar refractivity (Wildman–Crippen MR) is 62.8 cm³/mol. The molecule has 0 saturated carbocycles. The zero-order valence-corrected chi connectivity index (χ0v) is 10.4. The monoisotopic (exact) mass is 269 g/mol. The molecule has 2 aromatic rings. The lowest BCUT2D eigenvalue weighted by Crippen LogP contribution is -2.07. The van der Waals surface area contributed by atoms with Crippen LogP contribution in [0, 0.1) is 19.7 Å². The van der Waals surface area contributed by atoms with E-state index in [9.17, 15) is 9.18 Å². The number of carboxylic acid groups (broad SMARTS) is 1. The molecule has 0 amide bonds. The number of hydrogen-bond acceptors (Lipinski definition) is 3. The normalized spacial score (nSPS) is 10.7. The van der Waals surface area contributed by atoms with E-state index >= 15 is 0 Å². The second-order valence-electron chi connectivity index (χ2n) is 3.76. The van der Waals surface area contributed by atoms with Gasteiger partial charge < -0.3 is 5.11 Å². The molecule has 0 bridgehead atoms. The molecule has 0 unspecified atom stereocenters. The minimum atomic E-state index is -1.13. The van der Waals surface area contributed by atoms with Crippen LogP contribution in [0.4, 0.5) is 4.39 Å². The van der Waals surface area contributed by atoms with Crippen molar-refractivity contribution >= 4 is 17.6 Å². The molecule has 18 heavy (non-hydrogen) atoms. The molecule has 0 saturated heterocycles. The average Bonchev–Trinajstić information content (AvgIpc) is 2.57. The molecular weight excluding hydrogens is 261 g/mol. The lowest BCUT2D eigenvalue weighted by atomic mass is 10.1. The second kappa shape index (κ2) is 4.38. The largest absolute Gasteiger partial charge is 0.478 e. The number of aromatic nitrogens is 3. The number of benzene rings is 1. The minimum Gasteiger partial charge on any atom is -0.478 e. The fourth-order valence-corrected chi connectivity index (χ4v) is 1.84. The van der Waals surface area contributed by atoms with Gasteiger partial charge in [0.15, 0.2) is 0 Å². The Hall–Kier alpha value is -1.95. The van der Waals surface area contributed by atoms with Gasteiger partial charge in [0, 0.05) is 0 Å². The van der Waals surface area contributed by atoms with Crippen LogP contribution in [0.2, 0.25) is 5.28 Å². The van der Waals surface area contributed by atoms with Crippen LogP contribution in [0.1, 0.15) is 21.7 Å². The van der Waals surface area contributed by atoms with Gasteiger partial charge in [-0.05, 0) is 43.1 Å². The Balaban J connectivity index is 2.68. The maximum Gasteiger partial charge on any atom is 0.336 e. The number of rotatable bonds is 2. The Kier molecular flexibility index (Phi) is 3.04. The first-order chi connectivity index (χ1) is 8.40. The Morgan fingerprint density at radius 1 is 1.44 bits per heavy atom. The number of nitrogens with zero attached hydrogens (tertiary/aromatic N) is 3. The SMILES string of the molecule is Cc1cc(F)c(-n2nc(Cl)nc2C)cc1C(=O)O. The summed E-state index contributed by atoms with van der Waals surface area (Å²) < 4.78 is 15.0. The molecule has 0 aliphatic carbocycles. The van der Waals surface area contributed by atoms with Crippen molar-refractivity contribution < 1.29 is 14.3 Å². The highest BCUT2D eigenvalue weighted by molar-refractivity contribution is 6.28. The molecule has 0 radical (unpaired) electrons. The van der Waals surface area contributed by atoms with E-state index in [4.69, 9.17) is 16.7 Å². The summed E-state index contributed by atoms with van der Waals surface area (Å²) in [7, 11) is 0. The van der Waals surface area contributed by atoms with Gasteiger partial charge in [0.25, 0.3) is 0 Å². The molecule has 1 aromatic carbocycles. The van der Waals surface area contributed by atoms with Crippen LogP contribution in [-0.4, -0.2) is 25.8 Å². The number of hydrogen-bond donors (Lipinski definition) is 1. The standard InChI is InChI=1S/C11H9ClFN3O2/c1-5-3-8(13)9(4-7(5)10(17)18)16-6(2)14-11(12)15-16/h3-4H,1-2H3,(H,17,18). The van der Waals surface area contributed by atoms with Gasteiger partial charge in [-0.1, -0.05) is 0 Å². The van der Waals surface area contributed by atoms with E-state index in [1.165, 1.54) is 17.7 Å². The summed E-state index contributed by atoms with van der Waals surface area (Å²) in [4.78, 5) is 14.8. The van der Waals surface area contributed by atoms with E-state index in [1.54, 1.807) is 6.92 Å². The van der Waals surface area contributed by atoms with Crippen LogP contribution in [0.5, 0.6) is 0 Å². The molecule has 0 aliphatic rings. The lowest BCUT2D eigenvalue weighted by molar-refractivity contribution is 0.0696. The molecule has 0 aliphatic heterocycles. The van der Waals surface area contributed by atoms with E-state index in [1.807, 2.05) is 0 Å². The van der Waals surface area contributed by atoms with E-state index in [0.29, 0.717) is 11.4 Å². The summed E-state index contributed by atoms with van der Waals surface area (Å²) in [6, 6.07) is 2.36. The molecule has 94 valence electrons. The molecule has 0 fully saturated rings. The smallest absolute Gasteiger partial charge is 0.336 e. The molecule has 1 N–H and O–H groups in total. The first kappa shape index (κ1) is 12.5. The average molecular weight is 270 g/mol. The van der Waals surface area contributed by atoms with E-state index in [0.717, 1.165) is 6.07 Å². The highest BCUT2D eigenvalue weighted by atomic mass is 35.5. The zero-order chi connectivity index (χ0) is 13.4. The number of aryl methyl sites for hydroxylation is 2. The molecule has 0 atom stereocenters. The van der Waals surface area contributed by atoms with Crippen LogP contribution in [0.25, 0.3) is 5.69 Å². The van der Waals surface area contributed by atoms with Gasteiger partial charge in [-0.3, -0.25) is 0 Å². The number of halogens is 2. The van der Waals surface area contributed by atoms with Crippen molar-refractivity contribution in [1.82, 2.24) is 14.8 Å². The van der Waals surface area contributed by atoms with Crippen molar-refractivity contribution in [2.24, 2.45) is 0 Å². The van der Waals surface area contributed by atoms with Crippen molar-refractivity contribution in [3.63, 3.8) is 0 Å². The summed E-state index contributed by atoms with van der Waals surface area (Å²) in [5.74, 6) is -1.33. The fraction of sp³-hybridized carbons (Fsp3) is 0.182. The van der Waals surface area contributed by atoms with Crippen molar-refractivity contribution in [3.05, 3.63) is 40.2 Å². The van der Waals surface area contributed by atoms with E-state index in [-0.39, 0.29) is 16.5 Å². The Morgan fingerprint density at radius 3 is 2.61 bits per heavy atom. The summed E-state index contributed by atoms with van der Waals surface area (Å²) in [6.07, 6.45) is 0. The van der Waals surface area contributed by atoms with Crippen molar-refractivity contribution in [1.29, 1.82) is 0 Å². The zero-order valence-electron chi connectivity index (χ0n) is 9.61. The summed E-state index contributed by atoms with van der Waals surface area (Å²) in [5.41, 5.74) is 0.361. The first-order valence-electron chi connectivity index (χ1n) is 5.03. The number of aromatic carboxylic acids is 1. The molecule has 1 heterocycles. The second-order valence-corrected chi connectivity index (χ2v) is 4.10. The third-order valence-electron chi connectivity index (χ3n) is 2.50. The minimum absolute atomic E-state index is 0.00917. The van der Waals surface area contributed by atoms with Gasteiger partial charge in [-0.15, -0.1) is 5.10 Å². The molecule has 0 spiro atoms. The van der Waals surface area contributed by atoms with Gasteiger partial charge in [-0.2, -0.15) is 0 Å². The van der Waals surface area contributed by atoms with Gasteiger partial charge in [-0.25, -0.2) is 18.9 Å². The molecule has 2 rings (SSSR count). The first-order valence-corrected chi connectivity index (χ1v) is 5.41. The molecular formula is C11H9ClFN3O2. The van der Waals surface area contributed by atoms with Crippen LogP contribution in [0.15, 0.2) is 12.1 Å².